The predicted octanol–water partition coefficient (Wildman–Crippen LogP) is 2.05. The van der Waals surface area contributed by atoms with Crippen LogP contribution in [0.5, 0.6) is 0 Å². The fourth-order valence-corrected chi connectivity index (χ4v) is 3.23. The first kappa shape index (κ1) is 15.4. The van der Waals surface area contributed by atoms with E-state index in [0.717, 1.165) is 0 Å². The molecule has 110 valence electrons. The molecule has 0 saturated carbocycles. The second-order valence-electron chi connectivity index (χ2n) is 5.16. The lowest BCUT2D eigenvalue weighted by molar-refractivity contribution is -0.138. The quantitative estimate of drug-likeness (QED) is 0.927. The lowest BCUT2D eigenvalue weighted by atomic mass is 10.1. The Hall–Kier alpha value is -2.00. The molecule has 21 heavy (non-hydrogen) atoms. The first-order chi connectivity index (χ1) is 10.0. The molecule has 1 unspecified atom stereocenters. The molecule has 5 nitrogen and oxygen atoms in total. The third kappa shape index (κ3) is 3.56. The van der Waals surface area contributed by atoms with Crippen LogP contribution >= 0.6 is 11.8 Å². The van der Waals surface area contributed by atoms with Gasteiger partial charge in [-0.1, -0.05) is 13.8 Å². The van der Waals surface area contributed by atoms with Crippen LogP contribution < -0.4 is 5.32 Å². The summed E-state index contributed by atoms with van der Waals surface area (Å²) in [5.41, 5.74) is 1.17. The maximum absolute atomic E-state index is 12.3. The van der Waals surface area contributed by atoms with E-state index in [2.05, 4.69) is 5.32 Å². The maximum Gasteiger partial charge on any atom is 0.248 e. The van der Waals surface area contributed by atoms with Gasteiger partial charge in [-0.3, -0.25) is 9.59 Å². The summed E-state index contributed by atoms with van der Waals surface area (Å²) in [6, 6.07) is 8.27. The van der Waals surface area contributed by atoms with Gasteiger partial charge in [-0.2, -0.15) is 5.26 Å². The highest BCUT2D eigenvalue weighted by molar-refractivity contribution is 7.99. The van der Waals surface area contributed by atoms with E-state index in [-0.39, 0.29) is 17.7 Å². The van der Waals surface area contributed by atoms with Crippen molar-refractivity contribution in [3.05, 3.63) is 29.8 Å². The molecule has 1 fully saturated rings. The number of nitrogens with zero attached hydrogens (tertiary/aromatic N) is 2. The molecule has 0 aliphatic carbocycles. The van der Waals surface area contributed by atoms with E-state index in [1.165, 1.54) is 0 Å². The van der Waals surface area contributed by atoms with Crippen molar-refractivity contribution in [1.82, 2.24) is 4.90 Å². The van der Waals surface area contributed by atoms with Crippen LogP contribution in [0.1, 0.15) is 19.4 Å². The lowest BCUT2D eigenvalue weighted by Gasteiger charge is -2.24. The number of anilines is 1. The van der Waals surface area contributed by atoms with Crippen LogP contribution in [0.3, 0.4) is 0 Å². The molecule has 0 aromatic heterocycles. The molecule has 2 amide bonds. The second kappa shape index (κ2) is 6.64. The smallest absolute Gasteiger partial charge is 0.248 e. The summed E-state index contributed by atoms with van der Waals surface area (Å²) in [6.45, 7) is 3.67. The summed E-state index contributed by atoms with van der Waals surface area (Å²) >= 11 is 1.58. The van der Waals surface area contributed by atoms with Gasteiger partial charge in [-0.05, 0) is 24.3 Å². The molecular formula is C15H17N3O2S. The SMILES string of the molecule is CC(C)C(=O)N1CSCC1C(=O)Nc1ccc(C#N)cc1. The topological polar surface area (TPSA) is 73.2 Å². The summed E-state index contributed by atoms with van der Waals surface area (Å²) in [5, 5.41) is 11.5. The van der Waals surface area contributed by atoms with Gasteiger partial charge >= 0.3 is 0 Å². The Morgan fingerprint density at radius 1 is 1.38 bits per heavy atom. The summed E-state index contributed by atoms with van der Waals surface area (Å²) < 4.78 is 0. The zero-order chi connectivity index (χ0) is 15.4. The Labute approximate surface area is 128 Å². The first-order valence-electron chi connectivity index (χ1n) is 6.72. The standard InChI is InChI=1S/C15H17N3O2S/c1-10(2)15(20)18-9-21-8-13(18)14(19)17-12-5-3-11(7-16)4-6-12/h3-6,10,13H,8-9H2,1-2H3,(H,17,19). The minimum atomic E-state index is -0.430. The molecule has 1 N–H and O–H groups in total. The number of nitrogens with one attached hydrogen (secondary N) is 1. The van der Waals surface area contributed by atoms with Crippen molar-refractivity contribution in [1.29, 1.82) is 5.26 Å². The van der Waals surface area contributed by atoms with Crippen molar-refractivity contribution in [3.8, 4) is 6.07 Å². The molecule has 0 radical (unpaired) electrons. The minimum Gasteiger partial charge on any atom is -0.324 e. The van der Waals surface area contributed by atoms with E-state index in [1.807, 2.05) is 19.9 Å². The third-order valence-electron chi connectivity index (χ3n) is 3.24. The zero-order valence-electron chi connectivity index (χ0n) is 12.0. The van der Waals surface area contributed by atoms with Gasteiger partial charge in [-0.15, -0.1) is 11.8 Å². The van der Waals surface area contributed by atoms with Crippen LogP contribution in [-0.4, -0.2) is 34.4 Å². The number of carbonyl (C=O) groups is 2. The van der Waals surface area contributed by atoms with Gasteiger partial charge in [0.05, 0.1) is 17.5 Å². The van der Waals surface area contributed by atoms with Gasteiger partial charge in [-0.25, -0.2) is 0 Å². The fraction of sp³-hybridized carbons (Fsp3) is 0.400. The molecule has 1 saturated heterocycles. The van der Waals surface area contributed by atoms with Crippen molar-refractivity contribution in [2.45, 2.75) is 19.9 Å². The van der Waals surface area contributed by atoms with Crippen molar-refractivity contribution in [2.24, 2.45) is 5.92 Å². The van der Waals surface area contributed by atoms with E-state index in [4.69, 9.17) is 5.26 Å². The predicted molar refractivity (Wildman–Crippen MR) is 82.6 cm³/mol. The molecule has 1 aliphatic rings. The normalized spacial score (nSPS) is 17.6. The number of carbonyl (C=O) groups excluding carboxylic acids is 2. The average molecular weight is 303 g/mol. The molecular weight excluding hydrogens is 286 g/mol. The Bertz CT molecular complexity index is 578. The molecule has 1 aromatic carbocycles. The highest BCUT2D eigenvalue weighted by atomic mass is 32.2. The zero-order valence-corrected chi connectivity index (χ0v) is 12.8. The number of hydrogen-bond acceptors (Lipinski definition) is 4. The monoisotopic (exact) mass is 303 g/mol. The highest BCUT2D eigenvalue weighted by Gasteiger charge is 2.35. The Balaban J connectivity index is 2.05. The first-order valence-corrected chi connectivity index (χ1v) is 7.87. The molecule has 0 spiro atoms. The van der Waals surface area contributed by atoms with Crippen LogP contribution in [-0.2, 0) is 9.59 Å². The van der Waals surface area contributed by atoms with Gasteiger partial charge in [0.1, 0.15) is 6.04 Å². The van der Waals surface area contributed by atoms with Crippen LogP contribution in [0.4, 0.5) is 5.69 Å². The molecule has 1 atom stereocenters. The van der Waals surface area contributed by atoms with Gasteiger partial charge in [0, 0.05) is 17.4 Å². The van der Waals surface area contributed by atoms with Gasteiger partial charge in [0.2, 0.25) is 11.8 Å². The summed E-state index contributed by atoms with van der Waals surface area (Å²) in [6.07, 6.45) is 0. The Kier molecular flexibility index (Phi) is 4.86. The van der Waals surface area contributed by atoms with Crippen molar-refractivity contribution in [2.75, 3.05) is 16.9 Å². The number of rotatable bonds is 3. The van der Waals surface area contributed by atoms with Crippen molar-refractivity contribution in [3.63, 3.8) is 0 Å². The van der Waals surface area contributed by atoms with Crippen molar-refractivity contribution >= 4 is 29.3 Å². The van der Waals surface area contributed by atoms with E-state index >= 15 is 0 Å². The van der Waals surface area contributed by atoms with E-state index in [9.17, 15) is 9.59 Å². The molecule has 6 heteroatoms. The van der Waals surface area contributed by atoms with Gasteiger partial charge < -0.3 is 10.2 Å². The Morgan fingerprint density at radius 3 is 2.62 bits per heavy atom. The summed E-state index contributed by atoms with van der Waals surface area (Å²) in [4.78, 5) is 26.0. The number of thioether (sulfide) groups is 1. The average Bonchev–Trinajstić information content (AvgIpc) is 2.96. The molecule has 2 rings (SSSR count). The largest absolute Gasteiger partial charge is 0.324 e. The second-order valence-corrected chi connectivity index (χ2v) is 6.16. The summed E-state index contributed by atoms with van der Waals surface area (Å²) in [7, 11) is 0. The van der Waals surface area contributed by atoms with Gasteiger partial charge in [0.25, 0.3) is 0 Å². The molecule has 1 aromatic rings. The fourth-order valence-electron chi connectivity index (χ4n) is 2.06. The van der Waals surface area contributed by atoms with Crippen LogP contribution in [0.2, 0.25) is 0 Å². The molecule has 0 bridgehead atoms. The summed E-state index contributed by atoms with van der Waals surface area (Å²) in [5.74, 6) is 0.871. The van der Waals surface area contributed by atoms with E-state index in [1.54, 1.807) is 40.9 Å². The number of benzene rings is 1. The van der Waals surface area contributed by atoms with Crippen LogP contribution in [0, 0.1) is 17.2 Å². The maximum atomic E-state index is 12.3. The molecule has 1 aliphatic heterocycles. The van der Waals surface area contributed by atoms with E-state index in [0.29, 0.717) is 22.9 Å². The number of hydrogen-bond donors (Lipinski definition) is 1. The van der Waals surface area contributed by atoms with E-state index < -0.39 is 6.04 Å². The van der Waals surface area contributed by atoms with Gasteiger partial charge in [0.15, 0.2) is 0 Å². The number of amides is 2. The number of nitriles is 1. The lowest BCUT2D eigenvalue weighted by Crippen LogP contribution is -2.46. The molecule has 1 heterocycles. The highest BCUT2D eigenvalue weighted by Crippen LogP contribution is 2.24. The van der Waals surface area contributed by atoms with Crippen LogP contribution in [0.15, 0.2) is 24.3 Å². The minimum absolute atomic E-state index is 0.0000200. The Morgan fingerprint density at radius 2 is 2.05 bits per heavy atom. The third-order valence-corrected chi connectivity index (χ3v) is 4.26. The van der Waals surface area contributed by atoms with Crippen LogP contribution in [0.25, 0.3) is 0 Å². The van der Waals surface area contributed by atoms with Crippen molar-refractivity contribution < 1.29 is 9.59 Å².